The van der Waals surface area contributed by atoms with Gasteiger partial charge in [0.05, 0.1) is 5.75 Å². The summed E-state index contributed by atoms with van der Waals surface area (Å²) in [6, 6.07) is 0. The van der Waals surface area contributed by atoms with Gasteiger partial charge in [0, 0.05) is 6.54 Å². The van der Waals surface area contributed by atoms with Gasteiger partial charge in [-0.15, -0.1) is 0 Å². The van der Waals surface area contributed by atoms with E-state index in [1.165, 1.54) is 0 Å². The maximum atomic E-state index is 11.4. The summed E-state index contributed by atoms with van der Waals surface area (Å²) < 4.78 is 25.3. The highest BCUT2D eigenvalue weighted by atomic mass is 32.2. The molecule has 0 aliphatic rings. The SMILES string of the molecule is CCCCS(=O)(=O)NCC(C)CCN. The van der Waals surface area contributed by atoms with Gasteiger partial charge in [0.15, 0.2) is 0 Å². The topological polar surface area (TPSA) is 72.2 Å². The Hall–Kier alpha value is -0.130. The normalized spacial score (nSPS) is 14.2. The van der Waals surface area contributed by atoms with E-state index in [9.17, 15) is 8.42 Å². The van der Waals surface area contributed by atoms with Crippen molar-refractivity contribution >= 4 is 10.0 Å². The van der Waals surface area contributed by atoms with E-state index in [4.69, 9.17) is 5.73 Å². The van der Waals surface area contributed by atoms with Gasteiger partial charge in [-0.05, 0) is 25.3 Å². The molecule has 0 aromatic heterocycles. The zero-order valence-corrected chi connectivity index (χ0v) is 9.94. The van der Waals surface area contributed by atoms with Gasteiger partial charge >= 0.3 is 0 Å². The average molecular weight is 222 g/mol. The molecule has 0 aliphatic carbocycles. The molecule has 5 heteroatoms. The molecule has 0 saturated carbocycles. The van der Waals surface area contributed by atoms with Gasteiger partial charge in [0.2, 0.25) is 10.0 Å². The van der Waals surface area contributed by atoms with Crippen molar-refractivity contribution in [1.29, 1.82) is 0 Å². The Morgan fingerprint density at radius 3 is 2.57 bits per heavy atom. The van der Waals surface area contributed by atoms with Crippen molar-refractivity contribution in [3.63, 3.8) is 0 Å². The van der Waals surface area contributed by atoms with Crippen LogP contribution < -0.4 is 10.5 Å². The molecule has 86 valence electrons. The fourth-order valence-corrected chi connectivity index (χ4v) is 2.41. The quantitative estimate of drug-likeness (QED) is 0.634. The minimum Gasteiger partial charge on any atom is -0.330 e. The van der Waals surface area contributed by atoms with E-state index >= 15 is 0 Å². The Morgan fingerprint density at radius 2 is 2.07 bits per heavy atom. The second-order valence-corrected chi connectivity index (χ2v) is 5.63. The summed E-state index contributed by atoms with van der Waals surface area (Å²) in [5.41, 5.74) is 5.37. The number of hydrogen-bond donors (Lipinski definition) is 2. The molecule has 0 aromatic rings. The van der Waals surface area contributed by atoms with Crippen LogP contribution in [0, 0.1) is 5.92 Å². The monoisotopic (exact) mass is 222 g/mol. The van der Waals surface area contributed by atoms with Crippen LogP contribution in [0.15, 0.2) is 0 Å². The average Bonchev–Trinajstić information content (AvgIpc) is 2.13. The lowest BCUT2D eigenvalue weighted by molar-refractivity contribution is 0.514. The Labute approximate surface area is 87.3 Å². The fraction of sp³-hybridized carbons (Fsp3) is 1.00. The molecule has 0 saturated heterocycles. The molecule has 0 aromatic carbocycles. The standard InChI is InChI=1S/C9H22N2O2S/c1-3-4-7-14(12,13)11-8-9(2)5-6-10/h9,11H,3-8,10H2,1-2H3. The molecule has 1 atom stereocenters. The molecule has 14 heavy (non-hydrogen) atoms. The molecule has 3 N–H and O–H groups in total. The fourth-order valence-electron chi connectivity index (χ4n) is 1.06. The van der Waals surface area contributed by atoms with E-state index in [0.717, 1.165) is 19.3 Å². The highest BCUT2D eigenvalue weighted by Crippen LogP contribution is 2.00. The van der Waals surface area contributed by atoms with Crippen molar-refractivity contribution in [2.24, 2.45) is 11.7 Å². The lowest BCUT2D eigenvalue weighted by Gasteiger charge is -2.11. The molecule has 0 bridgehead atoms. The zero-order chi connectivity index (χ0) is 11.0. The molecular formula is C9H22N2O2S. The van der Waals surface area contributed by atoms with Gasteiger partial charge < -0.3 is 5.73 Å². The van der Waals surface area contributed by atoms with Gasteiger partial charge in [-0.3, -0.25) is 0 Å². The molecule has 0 rings (SSSR count). The highest BCUT2D eigenvalue weighted by molar-refractivity contribution is 7.89. The van der Waals surface area contributed by atoms with Crippen LogP contribution >= 0.6 is 0 Å². The summed E-state index contributed by atoms with van der Waals surface area (Å²) in [7, 11) is -3.05. The van der Waals surface area contributed by atoms with Crippen LogP contribution in [0.3, 0.4) is 0 Å². The number of nitrogens with one attached hydrogen (secondary N) is 1. The Balaban J connectivity index is 3.75. The zero-order valence-electron chi connectivity index (χ0n) is 9.12. The van der Waals surface area contributed by atoms with E-state index in [0.29, 0.717) is 19.0 Å². The van der Waals surface area contributed by atoms with Crippen LogP contribution in [-0.2, 0) is 10.0 Å². The van der Waals surface area contributed by atoms with E-state index < -0.39 is 10.0 Å². The van der Waals surface area contributed by atoms with E-state index in [2.05, 4.69) is 4.72 Å². The number of hydrogen-bond acceptors (Lipinski definition) is 3. The third-order valence-corrected chi connectivity index (χ3v) is 3.51. The first-order chi connectivity index (χ1) is 6.52. The van der Waals surface area contributed by atoms with Crippen molar-refractivity contribution in [2.45, 2.75) is 33.1 Å². The van der Waals surface area contributed by atoms with Crippen molar-refractivity contribution < 1.29 is 8.42 Å². The lowest BCUT2D eigenvalue weighted by Crippen LogP contribution is -2.31. The number of nitrogens with two attached hydrogens (primary N) is 1. The molecule has 0 fully saturated rings. The van der Waals surface area contributed by atoms with Gasteiger partial charge in [-0.25, -0.2) is 13.1 Å². The molecule has 0 aliphatic heterocycles. The molecule has 4 nitrogen and oxygen atoms in total. The predicted octanol–water partition coefficient (Wildman–Crippen LogP) is 0.691. The van der Waals surface area contributed by atoms with Gasteiger partial charge in [-0.1, -0.05) is 20.3 Å². The van der Waals surface area contributed by atoms with Crippen LogP contribution in [0.2, 0.25) is 0 Å². The molecule has 0 heterocycles. The van der Waals surface area contributed by atoms with Crippen LogP contribution in [0.4, 0.5) is 0 Å². The smallest absolute Gasteiger partial charge is 0.211 e. The van der Waals surface area contributed by atoms with E-state index in [1.54, 1.807) is 0 Å². The Morgan fingerprint density at radius 1 is 1.43 bits per heavy atom. The van der Waals surface area contributed by atoms with Gasteiger partial charge in [0.1, 0.15) is 0 Å². The second kappa shape index (κ2) is 7.20. The molecule has 0 radical (unpaired) electrons. The highest BCUT2D eigenvalue weighted by Gasteiger charge is 2.10. The first kappa shape index (κ1) is 13.9. The summed E-state index contributed by atoms with van der Waals surface area (Å²) >= 11 is 0. The second-order valence-electron chi connectivity index (χ2n) is 3.70. The first-order valence-corrected chi connectivity index (χ1v) is 6.84. The van der Waals surface area contributed by atoms with E-state index in [-0.39, 0.29) is 5.75 Å². The van der Waals surface area contributed by atoms with Crippen molar-refractivity contribution in [1.82, 2.24) is 4.72 Å². The Bertz CT molecular complexity index is 227. The number of sulfonamides is 1. The van der Waals surface area contributed by atoms with E-state index in [1.807, 2.05) is 13.8 Å². The third kappa shape index (κ3) is 7.29. The molecule has 1 unspecified atom stereocenters. The van der Waals surface area contributed by atoms with Crippen molar-refractivity contribution in [2.75, 3.05) is 18.8 Å². The third-order valence-electron chi connectivity index (χ3n) is 2.08. The number of unbranched alkanes of at least 4 members (excludes halogenated alkanes) is 1. The minimum atomic E-state index is -3.05. The summed E-state index contributed by atoms with van der Waals surface area (Å²) in [4.78, 5) is 0. The maximum Gasteiger partial charge on any atom is 0.211 e. The van der Waals surface area contributed by atoms with Crippen molar-refractivity contribution in [3.05, 3.63) is 0 Å². The van der Waals surface area contributed by atoms with Crippen LogP contribution in [0.25, 0.3) is 0 Å². The van der Waals surface area contributed by atoms with Crippen LogP contribution in [-0.4, -0.2) is 27.3 Å². The summed E-state index contributed by atoms with van der Waals surface area (Å²) in [6.45, 7) is 5.09. The predicted molar refractivity (Wildman–Crippen MR) is 59.5 cm³/mol. The molecule has 0 spiro atoms. The molecule has 0 amide bonds. The van der Waals surface area contributed by atoms with Crippen LogP contribution in [0.5, 0.6) is 0 Å². The number of rotatable bonds is 8. The summed E-state index contributed by atoms with van der Waals surface area (Å²) in [6.07, 6.45) is 2.48. The first-order valence-electron chi connectivity index (χ1n) is 5.19. The van der Waals surface area contributed by atoms with Gasteiger partial charge in [0.25, 0.3) is 0 Å². The van der Waals surface area contributed by atoms with Crippen molar-refractivity contribution in [3.8, 4) is 0 Å². The van der Waals surface area contributed by atoms with Gasteiger partial charge in [-0.2, -0.15) is 0 Å². The summed E-state index contributed by atoms with van der Waals surface area (Å²) in [5, 5.41) is 0. The summed E-state index contributed by atoms with van der Waals surface area (Å²) in [5.74, 6) is 0.551. The largest absolute Gasteiger partial charge is 0.330 e. The molecular weight excluding hydrogens is 200 g/mol. The lowest BCUT2D eigenvalue weighted by atomic mass is 10.1. The van der Waals surface area contributed by atoms with Crippen LogP contribution in [0.1, 0.15) is 33.1 Å². The maximum absolute atomic E-state index is 11.4. The minimum absolute atomic E-state index is 0.235. The Kier molecular flexibility index (Phi) is 7.13.